The van der Waals surface area contributed by atoms with E-state index in [1.807, 2.05) is 25.9 Å². The van der Waals surface area contributed by atoms with Crippen LogP contribution in [0, 0.1) is 12.8 Å². The average Bonchev–Trinajstić information content (AvgIpc) is 2.94. The van der Waals surface area contributed by atoms with Gasteiger partial charge in [-0.25, -0.2) is 10.1 Å². The van der Waals surface area contributed by atoms with Crippen LogP contribution in [0.1, 0.15) is 24.1 Å². The minimum absolute atomic E-state index is 0.392. The summed E-state index contributed by atoms with van der Waals surface area (Å²) in [4.78, 5) is 10.7. The first-order valence-electron chi connectivity index (χ1n) is 7.91. The normalized spacial score (nSPS) is 17.5. The van der Waals surface area contributed by atoms with E-state index in [1.165, 1.54) is 10.6 Å². The predicted octanol–water partition coefficient (Wildman–Crippen LogP) is -0.0433. The molecule has 132 valence electrons. The molecule has 0 spiro atoms. The number of nitrogens with zero attached hydrogens (tertiary/aromatic N) is 6. The molecule has 10 heteroatoms. The number of aromatic nitrogens is 4. The second-order valence-electron chi connectivity index (χ2n) is 6.46. The van der Waals surface area contributed by atoms with Crippen molar-refractivity contribution >= 4 is 21.8 Å². The molecule has 0 bridgehead atoms. The van der Waals surface area contributed by atoms with E-state index in [-0.39, 0.29) is 0 Å². The molecule has 0 aromatic carbocycles. The van der Waals surface area contributed by atoms with Gasteiger partial charge < -0.3 is 4.90 Å². The van der Waals surface area contributed by atoms with Crippen LogP contribution in [0.15, 0.2) is 6.33 Å². The Kier molecular flexibility index (Phi) is 4.45. The maximum absolute atomic E-state index is 11.4. The van der Waals surface area contributed by atoms with E-state index in [2.05, 4.69) is 15.1 Å². The van der Waals surface area contributed by atoms with Crippen LogP contribution in [0.3, 0.4) is 0 Å². The quantitative estimate of drug-likeness (QED) is 0.826. The lowest BCUT2D eigenvalue weighted by molar-refractivity contribution is 0.272. The van der Waals surface area contributed by atoms with Gasteiger partial charge in [-0.2, -0.15) is 27.3 Å². The van der Waals surface area contributed by atoms with Crippen LogP contribution in [0.25, 0.3) is 5.78 Å². The Labute approximate surface area is 141 Å². The molecule has 3 rings (SSSR count). The summed E-state index contributed by atoms with van der Waals surface area (Å²) in [5.74, 6) is 1.95. The molecule has 1 saturated heterocycles. The van der Waals surface area contributed by atoms with Crippen molar-refractivity contribution in [2.24, 2.45) is 11.1 Å². The van der Waals surface area contributed by atoms with Crippen LogP contribution in [0.4, 0.5) is 5.82 Å². The van der Waals surface area contributed by atoms with E-state index >= 15 is 0 Å². The number of anilines is 1. The molecule has 0 saturated carbocycles. The summed E-state index contributed by atoms with van der Waals surface area (Å²) in [7, 11) is 0.368. The van der Waals surface area contributed by atoms with Gasteiger partial charge in [0.15, 0.2) is 0 Å². The van der Waals surface area contributed by atoms with Crippen molar-refractivity contribution in [2.75, 3.05) is 32.1 Å². The van der Waals surface area contributed by atoms with Gasteiger partial charge in [0.25, 0.3) is 16.0 Å². The van der Waals surface area contributed by atoms with E-state index < -0.39 is 10.2 Å². The first kappa shape index (κ1) is 17.1. The Hall–Kier alpha value is -1.78. The largest absolute Gasteiger partial charge is 0.362 e. The monoisotopic (exact) mass is 353 g/mol. The molecule has 0 radical (unpaired) electrons. The van der Waals surface area contributed by atoms with Crippen molar-refractivity contribution < 1.29 is 8.42 Å². The van der Waals surface area contributed by atoms with Crippen molar-refractivity contribution in [1.29, 1.82) is 0 Å². The smallest absolute Gasteiger partial charge is 0.276 e. The van der Waals surface area contributed by atoms with Crippen LogP contribution >= 0.6 is 0 Å². The minimum atomic E-state index is -3.58. The molecule has 9 nitrogen and oxygen atoms in total. The van der Waals surface area contributed by atoms with Crippen LogP contribution in [-0.4, -0.2) is 59.5 Å². The van der Waals surface area contributed by atoms with Crippen molar-refractivity contribution in [1.82, 2.24) is 23.9 Å². The first-order valence-corrected chi connectivity index (χ1v) is 9.42. The molecule has 0 unspecified atom stereocenters. The van der Waals surface area contributed by atoms with Gasteiger partial charge in [0, 0.05) is 38.4 Å². The van der Waals surface area contributed by atoms with Crippen LogP contribution in [-0.2, 0) is 16.6 Å². The fourth-order valence-corrected chi connectivity index (χ4v) is 4.04. The molecule has 1 aliphatic rings. The summed E-state index contributed by atoms with van der Waals surface area (Å²) >= 11 is 0. The maximum atomic E-state index is 11.4. The van der Waals surface area contributed by atoms with Gasteiger partial charge in [0.05, 0.1) is 0 Å². The summed E-state index contributed by atoms with van der Waals surface area (Å²) < 4.78 is 26.0. The zero-order chi connectivity index (χ0) is 17.5. The lowest BCUT2D eigenvalue weighted by atomic mass is 9.90. The highest BCUT2D eigenvalue weighted by atomic mass is 32.2. The molecule has 24 heavy (non-hydrogen) atoms. The van der Waals surface area contributed by atoms with Gasteiger partial charge >= 0.3 is 0 Å². The Morgan fingerprint density at radius 1 is 1.33 bits per heavy atom. The number of nitrogens with two attached hydrogens (primary N) is 1. The van der Waals surface area contributed by atoms with Gasteiger partial charge in [0.2, 0.25) is 0 Å². The zero-order valence-electron chi connectivity index (χ0n) is 14.2. The first-order chi connectivity index (χ1) is 11.3. The average molecular weight is 353 g/mol. The highest BCUT2D eigenvalue weighted by Crippen LogP contribution is 2.29. The molecule has 0 aliphatic carbocycles. The van der Waals surface area contributed by atoms with Gasteiger partial charge in [-0.15, -0.1) is 0 Å². The highest BCUT2D eigenvalue weighted by Gasteiger charge is 2.27. The second kappa shape index (κ2) is 6.26. The van der Waals surface area contributed by atoms with Crippen LogP contribution in [0.2, 0.25) is 0 Å². The van der Waals surface area contributed by atoms with E-state index in [4.69, 9.17) is 5.14 Å². The van der Waals surface area contributed by atoms with E-state index in [9.17, 15) is 8.42 Å². The van der Waals surface area contributed by atoms with E-state index in [0.717, 1.165) is 36.3 Å². The van der Waals surface area contributed by atoms with E-state index in [1.54, 1.807) is 4.52 Å². The van der Waals surface area contributed by atoms with Gasteiger partial charge in [-0.1, -0.05) is 0 Å². The minimum Gasteiger partial charge on any atom is -0.362 e. The molecular formula is C14H23N7O2S. The highest BCUT2D eigenvalue weighted by molar-refractivity contribution is 7.86. The Morgan fingerprint density at radius 3 is 2.58 bits per heavy atom. The summed E-state index contributed by atoms with van der Waals surface area (Å²) in [6, 6.07) is 0. The Balaban J connectivity index is 1.86. The second-order valence-corrected chi connectivity index (χ2v) is 8.00. The van der Waals surface area contributed by atoms with Crippen LogP contribution < -0.4 is 10.0 Å². The maximum Gasteiger partial charge on any atom is 0.276 e. The third kappa shape index (κ3) is 3.21. The number of hydrogen-bond donors (Lipinski definition) is 1. The third-order valence-electron chi connectivity index (χ3n) is 4.55. The number of hydrogen-bond acceptors (Lipinski definition) is 6. The van der Waals surface area contributed by atoms with Gasteiger partial charge in [-0.3, -0.25) is 0 Å². The lowest BCUT2D eigenvalue weighted by Crippen LogP contribution is -2.42. The number of piperidine rings is 1. The van der Waals surface area contributed by atoms with Crippen molar-refractivity contribution in [3.63, 3.8) is 0 Å². The van der Waals surface area contributed by atoms with Gasteiger partial charge in [0.1, 0.15) is 12.1 Å². The fraction of sp³-hybridized carbons (Fsp3) is 0.643. The molecule has 0 atom stereocenters. The number of fused-ring (bicyclic) bond motifs is 1. The third-order valence-corrected chi connectivity index (χ3v) is 5.64. The van der Waals surface area contributed by atoms with Gasteiger partial charge in [-0.05, 0) is 32.1 Å². The predicted molar refractivity (Wildman–Crippen MR) is 91.0 cm³/mol. The topological polar surface area (TPSA) is 110 Å². The Morgan fingerprint density at radius 2 is 2.00 bits per heavy atom. The summed E-state index contributed by atoms with van der Waals surface area (Å²) in [6.45, 7) is 2.92. The van der Waals surface area contributed by atoms with Crippen molar-refractivity contribution in [3.05, 3.63) is 17.6 Å². The molecule has 1 aliphatic heterocycles. The van der Waals surface area contributed by atoms with Crippen molar-refractivity contribution in [3.8, 4) is 0 Å². The summed E-state index contributed by atoms with van der Waals surface area (Å²) in [5, 5.41) is 9.49. The Bertz CT molecular complexity index is 838. The standard InChI is InChI=1S/C14H23N7O2S/c1-10-12(8-11-4-6-20(7-5-11)24(15,22)23)13(19(2)3)21-14(18-10)16-9-17-21/h9,11H,4-8H2,1-3H3,(H2,15,22,23). The molecule has 2 aromatic heterocycles. The van der Waals surface area contributed by atoms with Crippen LogP contribution in [0.5, 0.6) is 0 Å². The summed E-state index contributed by atoms with van der Waals surface area (Å²) in [6.07, 6.45) is 3.92. The molecular weight excluding hydrogens is 330 g/mol. The lowest BCUT2D eigenvalue weighted by Gasteiger charge is -2.31. The molecule has 2 N–H and O–H groups in total. The molecule has 2 aromatic rings. The number of rotatable bonds is 4. The number of aryl methyl sites for hydroxylation is 1. The SMILES string of the molecule is Cc1nc2ncnn2c(N(C)C)c1CC1CCN(S(N)(=O)=O)CC1. The fourth-order valence-electron chi connectivity index (χ4n) is 3.32. The molecule has 1 fully saturated rings. The van der Waals surface area contributed by atoms with Crippen molar-refractivity contribution in [2.45, 2.75) is 26.2 Å². The molecule has 0 amide bonds. The summed E-state index contributed by atoms with van der Waals surface area (Å²) in [5.41, 5.74) is 2.07. The zero-order valence-corrected chi connectivity index (χ0v) is 15.0. The molecule has 3 heterocycles. The van der Waals surface area contributed by atoms with E-state index in [0.29, 0.717) is 24.8 Å².